The van der Waals surface area contributed by atoms with E-state index in [-0.39, 0.29) is 6.07 Å². The first-order valence-electron chi connectivity index (χ1n) is 4.14. The van der Waals surface area contributed by atoms with Gasteiger partial charge in [-0.15, -0.1) is 13.2 Å². The third-order valence-corrected chi connectivity index (χ3v) is 1.77. The molecular weight excluding hydrogens is 257 g/mol. The van der Waals surface area contributed by atoms with Gasteiger partial charge in [0.2, 0.25) is 0 Å². The third kappa shape index (κ3) is 3.50. The summed E-state index contributed by atoms with van der Waals surface area (Å²) in [5.74, 6) is -2.73. The molecule has 0 amide bonds. The first-order valence-corrected chi connectivity index (χ1v) is 4.14. The Morgan fingerprint density at radius 1 is 1.00 bits per heavy atom. The van der Waals surface area contributed by atoms with Crippen LogP contribution in [-0.2, 0) is 6.18 Å². The molecule has 0 heterocycles. The van der Waals surface area contributed by atoms with Crippen LogP contribution in [0.4, 0.5) is 30.7 Å². The standard InChI is InChI=1S/C9H5F7O/c1-4-2-5(17-9(14,15)16)3-6(7(4)10)8(11,12)13/h2-3H,1H3. The van der Waals surface area contributed by atoms with Gasteiger partial charge in [0.05, 0.1) is 5.56 Å². The zero-order valence-corrected chi connectivity index (χ0v) is 8.21. The van der Waals surface area contributed by atoms with Gasteiger partial charge < -0.3 is 4.74 Å². The van der Waals surface area contributed by atoms with E-state index in [0.29, 0.717) is 6.07 Å². The van der Waals surface area contributed by atoms with Gasteiger partial charge in [0.1, 0.15) is 11.6 Å². The van der Waals surface area contributed by atoms with Crippen molar-refractivity contribution in [3.05, 3.63) is 29.1 Å². The third-order valence-electron chi connectivity index (χ3n) is 1.77. The second-order valence-corrected chi connectivity index (χ2v) is 3.15. The summed E-state index contributed by atoms with van der Waals surface area (Å²) >= 11 is 0. The fourth-order valence-corrected chi connectivity index (χ4v) is 1.14. The molecule has 0 fully saturated rings. The van der Waals surface area contributed by atoms with Gasteiger partial charge in [0.25, 0.3) is 0 Å². The van der Waals surface area contributed by atoms with Crippen molar-refractivity contribution in [1.82, 2.24) is 0 Å². The van der Waals surface area contributed by atoms with Crippen LogP contribution in [0.2, 0.25) is 0 Å². The molecule has 1 rings (SSSR count). The first kappa shape index (κ1) is 13.6. The van der Waals surface area contributed by atoms with E-state index in [2.05, 4.69) is 4.74 Å². The number of hydrogen-bond acceptors (Lipinski definition) is 1. The van der Waals surface area contributed by atoms with Crippen molar-refractivity contribution in [3.8, 4) is 5.75 Å². The van der Waals surface area contributed by atoms with Crippen molar-refractivity contribution in [3.63, 3.8) is 0 Å². The summed E-state index contributed by atoms with van der Waals surface area (Å²) in [4.78, 5) is 0. The van der Waals surface area contributed by atoms with Crippen molar-refractivity contribution in [2.75, 3.05) is 0 Å². The van der Waals surface area contributed by atoms with E-state index in [0.717, 1.165) is 6.92 Å². The molecule has 1 nitrogen and oxygen atoms in total. The highest BCUT2D eigenvalue weighted by molar-refractivity contribution is 5.37. The predicted molar refractivity (Wildman–Crippen MR) is 42.8 cm³/mol. The molecule has 0 N–H and O–H groups in total. The topological polar surface area (TPSA) is 9.23 Å². The monoisotopic (exact) mass is 262 g/mol. The molecule has 0 aliphatic rings. The molecule has 0 bridgehead atoms. The number of aryl methyl sites for hydroxylation is 1. The minimum absolute atomic E-state index is 0.0319. The Balaban J connectivity index is 3.25. The lowest BCUT2D eigenvalue weighted by Gasteiger charge is -2.14. The van der Waals surface area contributed by atoms with E-state index < -0.39 is 35.2 Å². The van der Waals surface area contributed by atoms with E-state index in [1.54, 1.807) is 0 Å². The number of benzene rings is 1. The molecule has 17 heavy (non-hydrogen) atoms. The Kier molecular flexibility index (Phi) is 3.26. The largest absolute Gasteiger partial charge is 0.573 e. The van der Waals surface area contributed by atoms with Gasteiger partial charge >= 0.3 is 12.5 Å². The van der Waals surface area contributed by atoms with Crippen LogP contribution in [-0.4, -0.2) is 6.36 Å². The van der Waals surface area contributed by atoms with Crippen LogP contribution in [0.1, 0.15) is 11.1 Å². The van der Waals surface area contributed by atoms with Gasteiger partial charge in [-0.3, -0.25) is 0 Å². The highest BCUT2D eigenvalue weighted by Crippen LogP contribution is 2.36. The lowest BCUT2D eigenvalue weighted by Crippen LogP contribution is -2.18. The molecule has 96 valence electrons. The molecule has 0 saturated heterocycles. The van der Waals surface area contributed by atoms with Gasteiger partial charge in [0, 0.05) is 0 Å². The van der Waals surface area contributed by atoms with Crippen LogP contribution in [0.15, 0.2) is 12.1 Å². The van der Waals surface area contributed by atoms with Crippen LogP contribution in [0.5, 0.6) is 5.75 Å². The molecule has 0 aromatic heterocycles. The molecule has 1 aromatic carbocycles. The lowest BCUT2D eigenvalue weighted by atomic mass is 10.1. The van der Waals surface area contributed by atoms with Crippen molar-refractivity contribution < 1.29 is 35.5 Å². The summed E-state index contributed by atoms with van der Waals surface area (Å²) < 4.78 is 88.6. The fraction of sp³-hybridized carbons (Fsp3) is 0.333. The van der Waals surface area contributed by atoms with Crippen molar-refractivity contribution >= 4 is 0 Å². The minimum Gasteiger partial charge on any atom is -0.406 e. The van der Waals surface area contributed by atoms with Gasteiger partial charge in [-0.1, -0.05) is 0 Å². The molecular formula is C9H5F7O. The SMILES string of the molecule is Cc1cc(OC(F)(F)F)cc(C(F)(F)F)c1F. The average Bonchev–Trinajstić information content (AvgIpc) is 2.06. The Labute approximate surface area is 90.8 Å². The van der Waals surface area contributed by atoms with Crippen LogP contribution in [0, 0.1) is 12.7 Å². The molecule has 1 aromatic rings. The average molecular weight is 262 g/mol. The van der Waals surface area contributed by atoms with Crippen molar-refractivity contribution in [2.45, 2.75) is 19.5 Å². The maximum Gasteiger partial charge on any atom is 0.573 e. The number of hydrogen-bond donors (Lipinski definition) is 0. The zero-order chi connectivity index (χ0) is 13.4. The Bertz CT molecular complexity index is 419. The molecule has 8 heteroatoms. The molecule has 0 unspecified atom stereocenters. The molecule has 0 saturated carbocycles. The summed E-state index contributed by atoms with van der Waals surface area (Å²) in [6, 6.07) is 0.508. The summed E-state index contributed by atoms with van der Waals surface area (Å²) in [7, 11) is 0. The van der Waals surface area contributed by atoms with E-state index in [1.165, 1.54) is 0 Å². The van der Waals surface area contributed by atoms with Crippen molar-refractivity contribution in [1.29, 1.82) is 0 Å². The van der Waals surface area contributed by atoms with E-state index in [1.807, 2.05) is 0 Å². The highest BCUT2D eigenvalue weighted by Gasteiger charge is 2.37. The fourth-order valence-electron chi connectivity index (χ4n) is 1.14. The Hall–Kier alpha value is -1.47. The maximum absolute atomic E-state index is 13.1. The summed E-state index contributed by atoms with van der Waals surface area (Å²) in [6.07, 6.45) is -10.2. The quantitative estimate of drug-likeness (QED) is 0.694. The molecule has 0 spiro atoms. The van der Waals surface area contributed by atoms with Gasteiger partial charge in [0.15, 0.2) is 0 Å². The Morgan fingerprint density at radius 3 is 1.94 bits per heavy atom. The second-order valence-electron chi connectivity index (χ2n) is 3.15. The van der Waals surface area contributed by atoms with Crippen LogP contribution in [0.25, 0.3) is 0 Å². The molecule has 0 aliphatic carbocycles. The first-order chi connectivity index (χ1) is 7.50. The summed E-state index contributed by atoms with van der Waals surface area (Å²) in [6.45, 7) is 0.911. The predicted octanol–water partition coefficient (Wildman–Crippen LogP) is 4.05. The van der Waals surface area contributed by atoms with Crippen LogP contribution in [0.3, 0.4) is 0 Å². The van der Waals surface area contributed by atoms with Gasteiger partial charge in [-0.05, 0) is 24.6 Å². The summed E-state index contributed by atoms with van der Waals surface area (Å²) in [5.41, 5.74) is -2.38. The maximum atomic E-state index is 13.1. The zero-order valence-electron chi connectivity index (χ0n) is 8.21. The molecule has 0 aliphatic heterocycles. The molecule has 0 radical (unpaired) electrons. The smallest absolute Gasteiger partial charge is 0.406 e. The number of halogens is 7. The number of ether oxygens (including phenoxy) is 1. The van der Waals surface area contributed by atoms with Gasteiger partial charge in [-0.2, -0.15) is 13.2 Å². The summed E-state index contributed by atoms with van der Waals surface area (Å²) in [5, 5.41) is 0. The van der Waals surface area contributed by atoms with E-state index >= 15 is 0 Å². The number of rotatable bonds is 1. The Morgan fingerprint density at radius 2 is 1.53 bits per heavy atom. The molecule has 0 atom stereocenters. The number of alkyl halides is 6. The normalized spacial score (nSPS) is 12.7. The van der Waals surface area contributed by atoms with Gasteiger partial charge in [-0.25, -0.2) is 4.39 Å². The minimum atomic E-state index is -5.13. The van der Waals surface area contributed by atoms with Crippen LogP contribution >= 0.6 is 0 Å². The van der Waals surface area contributed by atoms with E-state index in [4.69, 9.17) is 0 Å². The second kappa shape index (κ2) is 4.08. The highest BCUT2D eigenvalue weighted by atomic mass is 19.4. The van der Waals surface area contributed by atoms with Crippen molar-refractivity contribution in [2.24, 2.45) is 0 Å². The van der Waals surface area contributed by atoms with Crippen LogP contribution < -0.4 is 4.74 Å². The van der Waals surface area contributed by atoms with E-state index in [9.17, 15) is 30.7 Å². The lowest BCUT2D eigenvalue weighted by molar-refractivity contribution is -0.274.